The molecule has 3 N–H and O–H groups in total. The average Bonchev–Trinajstić information content (AvgIpc) is 3.23. The van der Waals surface area contributed by atoms with Crippen molar-refractivity contribution < 1.29 is 14.3 Å². The van der Waals surface area contributed by atoms with Crippen LogP contribution in [0, 0.1) is 13.8 Å². The van der Waals surface area contributed by atoms with Gasteiger partial charge in [-0.1, -0.05) is 18.2 Å². The van der Waals surface area contributed by atoms with Crippen LogP contribution in [0.2, 0.25) is 0 Å². The molecular formula is C24H30N4O3. The fraction of sp³-hybridized carbons (Fsp3) is 0.375. The third kappa shape index (κ3) is 7.22. The lowest BCUT2D eigenvalue weighted by Crippen LogP contribution is -2.36. The summed E-state index contributed by atoms with van der Waals surface area (Å²) in [5.41, 5.74) is 4.56. The van der Waals surface area contributed by atoms with Gasteiger partial charge in [0, 0.05) is 31.3 Å². The van der Waals surface area contributed by atoms with Crippen molar-refractivity contribution in [2.45, 2.75) is 46.3 Å². The first kappa shape index (κ1) is 22.5. The fourth-order valence-electron chi connectivity index (χ4n) is 3.46. The number of guanidine groups is 1. The van der Waals surface area contributed by atoms with Gasteiger partial charge in [-0.2, -0.15) is 0 Å². The number of aliphatic imine (C=N–C) groups is 1. The minimum atomic E-state index is -0.256. The fourth-order valence-corrected chi connectivity index (χ4v) is 3.46. The Balaban J connectivity index is 1.71. The first-order valence-electron chi connectivity index (χ1n) is 10.5. The molecule has 7 heteroatoms. The number of hydrogen-bond acceptors (Lipinski definition) is 4. The van der Waals surface area contributed by atoms with Gasteiger partial charge < -0.3 is 15.4 Å². The molecule has 1 atom stereocenters. The molecule has 0 bridgehead atoms. The van der Waals surface area contributed by atoms with Gasteiger partial charge in [-0.3, -0.25) is 14.9 Å². The second-order valence-electron chi connectivity index (χ2n) is 7.89. The van der Waals surface area contributed by atoms with E-state index in [1.807, 2.05) is 38.1 Å². The van der Waals surface area contributed by atoms with E-state index in [9.17, 15) is 9.59 Å². The monoisotopic (exact) mass is 422 g/mol. The van der Waals surface area contributed by atoms with Crippen LogP contribution in [0.1, 0.15) is 46.8 Å². The van der Waals surface area contributed by atoms with Crippen molar-refractivity contribution in [1.82, 2.24) is 10.6 Å². The molecule has 0 radical (unpaired) electrons. The second-order valence-corrected chi connectivity index (χ2v) is 7.89. The molecule has 1 aliphatic heterocycles. The number of amides is 2. The van der Waals surface area contributed by atoms with Gasteiger partial charge in [-0.15, -0.1) is 0 Å². The molecule has 3 rings (SSSR count). The molecule has 0 aliphatic carbocycles. The lowest BCUT2D eigenvalue weighted by atomic mass is 10.1. The van der Waals surface area contributed by atoms with Crippen LogP contribution in [0.5, 0.6) is 0 Å². The van der Waals surface area contributed by atoms with E-state index in [1.165, 1.54) is 6.92 Å². The normalized spacial score (nSPS) is 16.1. The van der Waals surface area contributed by atoms with Gasteiger partial charge in [0.1, 0.15) is 0 Å². The molecule has 1 fully saturated rings. The first-order chi connectivity index (χ1) is 14.9. The summed E-state index contributed by atoms with van der Waals surface area (Å²) in [6, 6.07) is 13.2. The quantitative estimate of drug-likeness (QED) is 0.492. The number of benzene rings is 2. The third-order valence-electron chi connectivity index (χ3n) is 4.95. The van der Waals surface area contributed by atoms with Crippen LogP contribution in [0.15, 0.2) is 47.5 Å². The Kier molecular flexibility index (Phi) is 7.78. The van der Waals surface area contributed by atoms with Crippen molar-refractivity contribution in [1.29, 1.82) is 0 Å². The van der Waals surface area contributed by atoms with E-state index in [4.69, 9.17) is 4.74 Å². The summed E-state index contributed by atoms with van der Waals surface area (Å²) < 4.78 is 5.66. The maximum atomic E-state index is 12.8. The van der Waals surface area contributed by atoms with Gasteiger partial charge in [0.25, 0.3) is 5.91 Å². The van der Waals surface area contributed by atoms with E-state index in [0.717, 1.165) is 41.8 Å². The maximum Gasteiger partial charge on any atom is 0.257 e. The molecule has 31 heavy (non-hydrogen) atoms. The van der Waals surface area contributed by atoms with E-state index < -0.39 is 0 Å². The van der Waals surface area contributed by atoms with E-state index in [0.29, 0.717) is 24.6 Å². The molecule has 2 aromatic rings. The van der Waals surface area contributed by atoms with Crippen molar-refractivity contribution in [2.75, 3.05) is 18.5 Å². The van der Waals surface area contributed by atoms with Gasteiger partial charge in [0.05, 0.1) is 12.6 Å². The van der Waals surface area contributed by atoms with Gasteiger partial charge >= 0.3 is 0 Å². The lowest BCUT2D eigenvalue weighted by Gasteiger charge is -2.14. The molecule has 164 valence electrons. The summed E-state index contributed by atoms with van der Waals surface area (Å²) in [4.78, 5) is 28.5. The molecule has 1 saturated heterocycles. The summed E-state index contributed by atoms with van der Waals surface area (Å²) >= 11 is 0. The number of carbonyl (C=O) groups is 2. The molecule has 0 unspecified atom stereocenters. The molecule has 2 aromatic carbocycles. The molecule has 0 saturated carbocycles. The molecule has 1 heterocycles. The molecule has 0 aromatic heterocycles. The maximum absolute atomic E-state index is 12.8. The predicted molar refractivity (Wildman–Crippen MR) is 122 cm³/mol. The number of anilines is 1. The Morgan fingerprint density at radius 2 is 1.81 bits per heavy atom. The van der Waals surface area contributed by atoms with Crippen LogP contribution >= 0.6 is 0 Å². The molecule has 0 spiro atoms. The number of carbonyl (C=O) groups excluding carboxylic acids is 2. The zero-order valence-corrected chi connectivity index (χ0v) is 18.3. The highest BCUT2D eigenvalue weighted by atomic mass is 16.5. The van der Waals surface area contributed by atoms with E-state index in [2.05, 4.69) is 27.0 Å². The third-order valence-corrected chi connectivity index (χ3v) is 4.95. The summed E-state index contributed by atoms with van der Waals surface area (Å²) in [6.45, 7) is 7.22. The molecule has 7 nitrogen and oxygen atoms in total. The largest absolute Gasteiger partial charge is 0.376 e. The first-order valence-corrected chi connectivity index (χ1v) is 10.5. The summed E-state index contributed by atoms with van der Waals surface area (Å²) in [5, 5.41) is 8.88. The smallest absolute Gasteiger partial charge is 0.257 e. The highest BCUT2D eigenvalue weighted by molar-refractivity contribution is 6.10. The van der Waals surface area contributed by atoms with Crippen LogP contribution < -0.4 is 16.0 Å². The van der Waals surface area contributed by atoms with Gasteiger partial charge in [-0.05, 0) is 67.6 Å². The predicted octanol–water partition coefficient (Wildman–Crippen LogP) is 3.32. The van der Waals surface area contributed by atoms with Gasteiger partial charge in [0.15, 0.2) is 0 Å². The summed E-state index contributed by atoms with van der Waals surface area (Å²) in [7, 11) is 0. The standard InChI is InChI=1S/C24H30N4O3/c1-16-11-17(2)13-21(12-16)27-24(26-15-22-5-4-10-31-22)28-23(30)20-8-6-19(7-9-20)14-25-18(3)29/h6-9,11-13,22H,4-5,10,14-15H2,1-3H3,(H,25,29)(H2,26,27,28,30)/t22-/m1/s1. The Morgan fingerprint density at radius 3 is 2.42 bits per heavy atom. The van der Waals surface area contributed by atoms with Crippen LogP contribution in [0.25, 0.3) is 0 Å². The topological polar surface area (TPSA) is 91.8 Å². The van der Waals surface area contributed by atoms with E-state index >= 15 is 0 Å². The van der Waals surface area contributed by atoms with Crippen LogP contribution in [0.3, 0.4) is 0 Å². The number of aryl methyl sites for hydroxylation is 2. The van der Waals surface area contributed by atoms with E-state index in [1.54, 1.807) is 12.1 Å². The van der Waals surface area contributed by atoms with Crippen LogP contribution in [-0.2, 0) is 16.1 Å². The highest BCUT2D eigenvalue weighted by Crippen LogP contribution is 2.15. The number of nitrogens with zero attached hydrogens (tertiary/aromatic N) is 1. The van der Waals surface area contributed by atoms with Crippen molar-refractivity contribution in [3.63, 3.8) is 0 Å². The SMILES string of the molecule is CC(=O)NCc1ccc(C(=O)NC(=NC[C@H]2CCCO2)Nc2cc(C)cc(C)c2)cc1. The number of ether oxygens (including phenoxy) is 1. The second kappa shape index (κ2) is 10.7. The van der Waals surface area contributed by atoms with Gasteiger partial charge in [-0.25, -0.2) is 4.99 Å². The van der Waals surface area contributed by atoms with Crippen molar-refractivity contribution in [2.24, 2.45) is 4.99 Å². The zero-order valence-electron chi connectivity index (χ0n) is 18.3. The number of hydrogen-bond donors (Lipinski definition) is 3. The minimum absolute atomic E-state index is 0.0843. The van der Waals surface area contributed by atoms with Crippen LogP contribution in [0.4, 0.5) is 5.69 Å². The zero-order chi connectivity index (χ0) is 22.2. The van der Waals surface area contributed by atoms with Gasteiger partial charge in [0.2, 0.25) is 11.9 Å². The summed E-state index contributed by atoms with van der Waals surface area (Å²) in [5.74, 6) is 0.0493. The van der Waals surface area contributed by atoms with Crippen LogP contribution in [-0.4, -0.2) is 37.0 Å². The van der Waals surface area contributed by atoms with Crippen molar-refractivity contribution in [3.05, 3.63) is 64.7 Å². The summed E-state index contributed by atoms with van der Waals surface area (Å²) in [6.07, 6.45) is 2.10. The highest BCUT2D eigenvalue weighted by Gasteiger charge is 2.16. The Hall–Kier alpha value is -3.19. The lowest BCUT2D eigenvalue weighted by molar-refractivity contribution is -0.119. The van der Waals surface area contributed by atoms with Crippen molar-refractivity contribution >= 4 is 23.5 Å². The minimum Gasteiger partial charge on any atom is -0.376 e. The van der Waals surface area contributed by atoms with Crippen molar-refractivity contribution in [3.8, 4) is 0 Å². The number of rotatable bonds is 6. The Morgan fingerprint density at radius 1 is 1.10 bits per heavy atom. The molecular weight excluding hydrogens is 392 g/mol. The average molecular weight is 423 g/mol. The Labute approximate surface area is 183 Å². The Bertz CT molecular complexity index is 928. The molecule has 1 aliphatic rings. The van der Waals surface area contributed by atoms with E-state index in [-0.39, 0.29) is 17.9 Å². The molecule has 2 amide bonds. The number of nitrogens with one attached hydrogen (secondary N) is 3.